The van der Waals surface area contributed by atoms with Crippen molar-refractivity contribution < 1.29 is 14.7 Å². The van der Waals surface area contributed by atoms with Gasteiger partial charge in [-0.1, -0.05) is 32.0 Å². The first-order valence-electron chi connectivity index (χ1n) is 7.22. The number of carboxylic acids is 1. The summed E-state index contributed by atoms with van der Waals surface area (Å²) >= 11 is 0. The summed E-state index contributed by atoms with van der Waals surface area (Å²) in [4.78, 5) is 26.9. The molecule has 1 heterocycles. The second kappa shape index (κ2) is 6.16. The Morgan fingerprint density at radius 1 is 1.29 bits per heavy atom. The second-order valence-corrected chi connectivity index (χ2v) is 6.25. The van der Waals surface area contributed by atoms with Crippen LogP contribution in [0.2, 0.25) is 0 Å². The Bertz CT molecular complexity index is 514. The maximum atomic E-state index is 12.7. The van der Waals surface area contributed by atoms with Crippen LogP contribution in [0.4, 0.5) is 10.5 Å². The van der Waals surface area contributed by atoms with Crippen molar-refractivity contribution in [1.29, 1.82) is 0 Å². The zero-order chi connectivity index (χ0) is 15.5. The number of rotatable bonds is 4. The maximum absolute atomic E-state index is 12.7. The number of nitrogens with zero attached hydrogens (tertiary/aromatic N) is 2. The molecule has 0 radical (unpaired) electrons. The van der Waals surface area contributed by atoms with Crippen LogP contribution in [-0.4, -0.2) is 41.6 Å². The fourth-order valence-electron chi connectivity index (χ4n) is 2.60. The summed E-state index contributed by atoms with van der Waals surface area (Å²) in [6.07, 6.45) is 0.915. The molecule has 0 atom stereocenters. The molecule has 1 fully saturated rings. The summed E-state index contributed by atoms with van der Waals surface area (Å²) in [6, 6.07) is 9.15. The third-order valence-electron chi connectivity index (χ3n) is 3.80. The van der Waals surface area contributed by atoms with Crippen molar-refractivity contribution in [1.82, 2.24) is 4.90 Å². The summed E-state index contributed by atoms with van der Waals surface area (Å²) < 4.78 is 0. The van der Waals surface area contributed by atoms with Crippen LogP contribution in [0.5, 0.6) is 0 Å². The summed E-state index contributed by atoms with van der Waals surface area (Å²) in [7, 11) is 0. The minimum absolute atomic E-state index is 0.0577. The number of urea groups is 1. The summed E-state index contributed by atoms with van der Waals surface area (Å²) in [6.45, 7) is 5.91. The molecular formula is C16H22N2O3. The summed E-state index contributed by atoms with van der Waals surface area (Å²) in [5, 5.41) is 8.89. The van der Waals surface area contributed by atoms with Gasteiger partial charge in [0.1, 0.15) is 0 Å². The number of amides is 2. The zero-order valence-corrected chi connectivity index (χ0v) is 12.6. The normalized spacial score (nSPS) is 16.8. The van der Waals surface area contributed by atoms with Crippen LogP contribution in [0.3, 0.4) is 0 Å². The molecule has 0 saturated carbocycles. The third kappa shape index (κ3) is 3.97. The van der Waals surface area contributed by atoms with Crippen LogP contribution < -0.4 is 4.90 Å². The van der Waals surface area contributed by atoms with Crippen molar-refractivity contribution in [2.75, 3.05) is 24.5 Å². The Balaban J connectivity index is 2.15. The van der Waals surface area contributed by atoms with Crippen LogP contribution in [-0.2, 0) is 4.79 Å². The van der Waals surface area contributed by atoms with Crippen LogP contribution in [0.25, 0.3) is 0 Å². The number of anilines is 1. The minimum Gasteiger partial charge on any atom is -0.481 e. The molecular weight excluding hydrogens is 268 g/mol. The average Bonchev–Trinajstić information content (AvgIpc) is 2.80. The molecule has 1 aliphatic heterocycles. The van der Waals surface area contributed by atoms with E-state index in [1.54, 1.807) is 4.90 Å². The number of hydrogen-bond donors (Lipinski definition) is 1. The molecule has 0 aromatic heterocycles. The van der Waals surface area contributed by atoms with Gasteiger partial charge in [-0.2, -0.15) is 0 Å². The molecule has 0 bridgehead atoms. The number of para-hydroxylation sites is 1. The predicted octanol–water partition coefficient (Wildman–Crippen LogP) is 2.82. The fourth-order valence-corrected chi connectivity index (χ4v) is 2.60. The van der Waals surface area contributed by atoms with Crippen LogP contribution in [0, 0.1) is 5.41 Å². The van der Waals surface area contributed by atoms with E-state index in [0.717, 1.165) is 18.7 Å². The molecule has 0 spiro atoms. The first-order valence-corrected chi connectivity index (χ1v) is 7.22. The topological polar surface area (TPSA) is 60.9 Å². The molecule has 2 rings (SSSR count). The molecule has 1 aromatic carbocycles. The van der Waals surface area contributed by atoms with Crippen LogP contribution in [0.15, 0.2) is 30.3 Å². The van der Waals surface area contributed by atoms with Crippen molar-refractivity contribution >= 4 is 17.7 Å². The molecule has 1 aliphatic rings. The first kappa shape index (κ1) is 15.4. The monoisotopic (exact) mass is 290 g/mol. The molecule has 1 aromatic rings. The number of carboxylic acid groups (broad SMARTS) is 1. The largest absolute Gasteiger partial charge is 0.481 e. The minimum atomic E-state index is -0.898. The van der Waals surface area contributed by atoms with Gasteiger partial charge in [-0.3, -0.25) is 9.69 Å². The first-order chi connectivity index (χ1) is 9.89. The lowest BCUT2D eigenvalue weighted by Crippen LogP contribution is -2.43. The molecule has 2 amide bonds. The smallest absolute Gasteiger partial charge is 0.324 e. The molecule has 0 aliphatic carbocycles. The van der Waals surface area contributed by atoms with E-state index in [-0.39, 0.29) is 24.4 Å². The highest BCUT2D eigenvalue weighted by Crippen LogP contribution is 2.30. The second-order valence-electron chi connectivity index (χ2n) is 6.25. The SMILES string of the molecule is CC1(C)CCN(C(=O)N(CCC(=O)O)c2ccccc2)C1. The van der Waals surface area contributed by atoms with Gasteiger partial charge in [-0.05, 0) is 24.0 Å². The molecule has 5 nitrogen and oxygen atoms in total. The van der Waals surface area contributed by atoms with E-state index < -0.39 is 5.97 Å². The number of hydrogen-bond acceptors (Lipinski definition) is 2. The van der Waals surface area contributed by atoms with Crippen LogP contribution in [0.1, 0.15) is 26.7 Å². The highest BCUT2D eigenvalue weighted by molar-refractivity contribution is 5.92. The average molecular weight is 290 g/mol. The number of benzene rings is 1. The standard InChI is InChI=1S/C16H22N2O3/c1-16(2)9-11-17(12-16)15(21)18(10-8-14(19)20)13-6-4-3-5-7-13/h3-7H,8-12H2,1-2H3,(H,19,20). The Morgan fingerprint density at radius 3 is 2.48 bits per heavy atom. The molecule has 1 saturated heterocycles. The molecule has 21 heavy (non-hydrogen) atoms. The van der Waals surface area contributed by atoms with E-state index >= 15 is 0 Å². The van der Waals surface area contributed by atoms with E-state index in [2.05, 4.69) is 13.8 Å². The predicted molar refractivity (Wildman–Crippen MR) is 81.4 cm³/mol. The highest BCUT2D eigenvalue weighted by atomic mass is 16.4. The summed E-state index contributed by atoms with van der Waals surface area (Å²) in [5.41, 5.74) is 0.874. The van der Waals surface area contributed by atoms with Gasteiger partial charge in [0, 0.05) is 25.3 Å². The van der Waals surface area contributed by atoms with Crippen molar-refractivity contribution in [3.05, 3.63) is 30.3 Å². The molecule has 5 heteroatoms. The van der Waals surface area contributed by atoms with Gasteiger partial charge in [0.05, 0.1) is 6.42 Å². The molecule has 1 N–H and O–H groups in total. The lowest BCUT2D eigenvalue weighted by molar-refractivity contribution is -0.136. The van der Waals surface area contributed by atoms with Crippen molar-refractivity contribution in [2.24, 2.45) is 5.41 Å². The van der Waals surface area contributed by atoms with Gasteiger partial charge in [-0.15, -0.1) is 0 Å². The quantitative estimate of drug-likeness (QED) is 0.927. The lowest BCUT2D eigenvalue weighted by Gasteiger charge is -2.28. The Morgan fingerprint density at radius 2 is 1.95 bits per heavy atom. The Hall–Kier alpha value is -2.04. The van der Waals surface area contributed by atoms with Crippen molar-refractivity contribution in [2.45, 2.75) is 26.7 Å². The van der Waals surface area contributed by atoms with Gasteiger partial charge >= 0.3 is 12.0 Å². The van der Waals surface area contributed by atoms with Gasteiger partial charge in [0.25, 0.3) is 0 Å². The molecule has 0 unspecified atom stereocenters. The van der Waals surface area contributed by atoms with E-state index in [1.807, 2.05) is 35.2 Å². The van der Waals surface area contributed by atoms with E-state index in [9.17, 15) is 9.59 Å². The number of likely N-dealkylation sites (tertiary alicyclic amines) is 1. The number of carbonyl (C=O) groups is 2. The number of carbonyl (C=O) groups excluding carboxylic acids is 1. The van der Waals surface area contributed by atoms with Crippen molar-refractivity contribution in [3.63, 3.8) is 0 Å². The number of aliphatic carboxylic acids is 1. The fraction of sp³-hybridized carbons (Fsp3) is 0.500. The van der Waals surface area contributed by atoms with Crippen LogP contribution >= 0.6 is 0 Å². The maximum Gasteiger partial charge on any atom is 0.324 e. The van der Waals surface area contributed by atoms with Gasteiger partial charge in [-0.25, -0.2) is 4.79 Å². The molecule has 114 valence electrons. The highest BCUT2D eigenvalue weighted by Gasteiger charge is 2.34. The van der Waals surface area contributed by atoms with E-state index in [0.29, 0.717) is 6.54 Å². The Labute approximate surface area is 125 Å². The van der Waals surface area contributed by atoms with E-state index in [4.69, 9.17) is 5.11 Å². The van der Waals surface area contributed by atoms with Gasteiger partial charge in [0.15, 0.2) is 0 Å². The van der Waals surface area contributed by atoms with Gasteiger partial charge in [0.2, 0.25) is 0 Å². The summed E-state index contributed by atoms with van der Waals surface area (Å²) in [5.74, 6) is -0.898. The van der Waals surface area contributed by atoms with E-state index in [1.165, 1.54) is 0 Å². The zero-order valence-electron chi connectivity index (χ0n) is 12.6. The van der Waals surface area contributed by atoms with Crippen molar-refractivity contribution in [3.8, 4) is 0 Å². The van der Waals surface area contributed by atoms with Gasteiger partial charge < -0.3 is 10.0 Å². The Kier molecular flexibility index (Phi) is 4.50. The third-order valence-corrected chi connectivity index (χ3v) is 3.80. The lowest BCUT2D eigenvalue weighted by atomic mass is 9.93.